The zero-order valence-corrected chi connectivity index (χ0v) is 9.08. The van der Waals surface area contributed by atoms with E-state index in [1.807, 2.05) is 6.07 Å². The van der Waals surface area contributed by atoms with E-state index in [4.69, 9.17) is 5.26 Å². The zero-order chi connectivity index (χ0) is 12.9. The van der Waals surface area contributed by atoms with Crippen LogP contribution in [0.4, 0.5) is 13.2 Å². The fourth-order valence-electron chi connectivity index (χ4n) is 1.33. The minimum absolute atomic E-state index is 0.326. The first kappa shape index (κ1) is 13.3. The first-order valence-electron chi connectivity index (χ1n) is 4.95. The van der Waals surface area contributed by atoms with Gasteiger partial charge in [-0.3, -0.25) is 5.32 Å². The molecule has 1 unspecified atom stereocenters. The van der Waals surface area contributed by atoms with Crippen molar-refractivity contribution in [2.24, 2.45) is 0 Å². The van der Waals surface area contributed by atoms with Crippen LogP contribution in [-0.4, -0.2) is 12.9 Å². The molecule has 0 saturated carbocycles. The van der Waals surface area contributed by atoms with E-state index in [0.29, 0.717) is 12.1 Å². The van der Waals surface area contributed by atoms with Gasteiger partial charge in [0.25, 0.3) is 0 Å². The summed E-state index contributed by atoms with van der Waals surface area (Å²) in [6.45, 7) is 2.35. The van der Waals surface area contributed by atoms with E-state index in [2.05, 4.69) is 10.1 Å². The lowest BCUT2D eigenvalue weighted by molar-refractivity contribution is -0.274. The highest BCUT2D eigenvalue weighted by molar-refractivity contribution is 5.33. The number of ether oxygens (including phenoxy) is 1. The van der Waals surface area contributed by atoms with Crippen LogP contribution in [0.25, 0.3) is 0 Å². The summed E-state index contributed by atoms with van der Waals surface area (Å²) in [4.78, 5) is 0. The lowest BCUT2D eigenvalue weighted by Gasteiger charge is -2.13. The Hall–Kier alpha value is -1.74. The number of nitrogens with zero attached hydrogens (tertiary/aromatic N) is 1. The topological polar surface area (TPSA) is 45.0 Å². The van der Waals surface area contributed by atoms with Crippen molar-refractivity contribution in [3.8, 4) is 11.8 Å². The van der Waals surface area contributed by atoms with Gasteiger partial charge in [-0.2, -0.15) is 5.26 Å². The van der Waals surface area contributed by atoms with Crippen LogP contribution in [-0.2, 0) is 0 Å². The predicted molar refractivity (Wildman–Crippen MR) is 55.2 cm³/mol. The number of nitriles is 1. The number of nitrogens with one attached hydrogen (secondary N) is 1. The molecule has 17 heavy (non-hydrogen) atoms. The number of hydrogen-bond acceptors (Lipinski definition) is 3. The number of alkyl halides is 3. The highest BCUT2D eigenvalue weighted by Gasteiger charge is 2.31. The SMILES string of the molecule is CCNC(C#N)c1cccc(OC(F)(F)F)c1. The molecule has 0 heterocycles. The maximum Gasteiger partial charge on any atom is 0.573 e. The van der Waals surface area contributed by atoms with Crippen LogP contribution in [0.2, 0.25) is 0 Å². The van der Waals surface area contributed by atoms with E-state index in [9.17, 15) is 13.2 Å². The molecule has 0 saturated heterocycles. The summed E-state index contributed by atoms with van der Waals surface area (Å²) in [5.41, 5.74) is 0.441. The lowest BCUT2D eigenvalue weighted by Crippen LogP contribution is -2.20. The molecule has 0 amide bonds. The fraction of sp³-hybridized carbons (Fsp3) is 0.364. The van der Waals surface area contributed by atoms with Gasteiger partial charge >= 0.3 is 6.36 Å². The second kappa shape index (κ2) is 5.55. The van der Waals surface area contributed by atoms with Crippen LogP contribution in [0.15, 0.2) is 24.3 Å². The van der Waals surface area contributed by atoms with Crippen LogP contribution in [0.5, 0.6) is 5.75 Å². The van der Waals surface area contributed by atoms with Crippen LogP contribution >= 0.6 is 0 Å². The summed E-state index contributed by atoms with van der Waals surface area (Å²) in [7, 11) is 0. The Morgan fingerprint density at radius 2 is 2.18 bits per heavy atom. The van der Waals surface area contributed by atoms with E-state index in [-0.39, 0.29) is 5.75 Å². The summed E-state index contributed by atoms with van der Waals surface area (Å²) in [5.74, 6) is -0.326. The average Bonchev–Trinajstić information content (AvgIpc) is 2.24. The van der Waals surface area contributed by atoms with Crippen LogP contribution in [0, 0.1) is 11.3 Å². The Kier molecular flexibility index (Phi) is 4.35. The van der Waals surface area contributed by atoms with E-state index in [0.717, 1.165) is 0 Å². The summed E-state index contributed by atoms with van der Waals surface area (Å²) in [6.07, 6.45) is -4.72. The zero-order valence-electron chi connectivity index (χ0n) is 9.08. The van der Waals surface area contributed by atoms with Crippen LogP contribution in [0.1, 0.15) is 18.5 Å². The van der Waals surface area contributed by atoms with Crippen molar-refractivity contribution in [2.75, 3.05) is 6.54 Å². The molecule has 0 aliphatic rings. The highest BCUT2D eigenvalue weighted by Crippen LogP contribution is 2.25. The first-order chi connectivity index (χ1) is 7.96. The molecular formula is C11H11F3N2O. The number of rotatable bonds is 4. The van der Waals surface area contributed by atoms with Gasteiger partial charge in [0.15, 0.2) is 0 Å². The molecule has 1 aromatic rings. The van der Waals surface area contributed by atoms with Gasteiger partial charge < -0.3 is 4.74 Å². The third-order valence-corrected chi connectivity index (χ3v) is 1.96. The van der Waals surface area contributed by atoms with Crippen molar-refractivity contribution in [2.45, 2.75) is 19.3 Å². The number of benzene rings is 1. The molecule has 3 nitrogen and oxygen atoms in total. The lowest BCUT2D eigenvalue weighted by atomic mass is 10.1. The van der Waals surface area contributed by atoms with Crippen molar-refractivity contribution in [3.63, 3.8) is 0 Å². The second-order valence-corrected chi connectivity index (χ2v) is 3.24. The van der Waals surface area contributed by atoms with E-state index < -0.39 is 12.4 Å². The largest absolute Gasteiger partial charge is 0.573 e. The summed E-state index contributed by atoms with van der Waals surface area (Å²) < 4.78 is 39.8. The molecule has 0 bridgehead atoms. The molecule has 0 radical (unpaired) electrons. The molecule has 0 spiro atoms. The molecule has 1 atom stereocenters. The molecule has 92 valence electrons. The third-order valence-electron chi connectivity index (χ3n) is 1.96. The van der Waals surface area contributed by atoms with Gasteiger partial charge in [-0.1, -0.05) is 19.1 Å². The normalized spacial score (nSPS) is 12.9. The van der Waals surface area contributed by atoms with Crippen molar-refractivity contribution in [1.29, 1.82) is 5.26 Å². The van der Waals surface area contributed by atoms with Gasteiger partial charge in [-0.05, 0) is 24.2 Å². The van der Waals surface area contributed by atoms with Crippen molar-refractivity contribution >= 4 is 0 Å². The maximum atomic E-state index is 12.0. The van der Waals surface area contributed by atoms with Gasteiger partial charge in [-0.25, -0.2) is 0 Å². The van der Waals surface area contributed by atoms with Crippen LogP contribution in [0.3, 0.4) is 0 Å². The van der Waals surface area contributed by atoms with E-state index in [1.165, 1.54) is 18.2 Å². The van der Waals surface area contributed by atoms with Gasteiger partial charge in [0.05, 0.1) is 6.07 Å². The standard InChI is InChI=1S/C11H11F3N2O/c1-2-16-10(7-15)8-4-3-5-9(6-8)17-11(12,13)14/h3-6,10,16H,2H2,1H3. The Balaban J connectivity index is 2.89. The molecule has 0 aromatic heterocycles. The van der Waals surface area contributed by atoms with Gasteiger partial charge in [0.2, 0.25) is 0 Å². The second-order valence-electron chi connectivity index (χ2n) is 3.24. The molecular weight excluding hydrogens is 233 g/mol. The monoisotopic (exact) mass is 244 g/mol. The smallest absolute Gasteiger partial charge is 0.406 e. The Morgan fingerprint density at radius 3 is 2.71 bits per heavy atom. The quantitative estimate of drug-likeness (QED) is 0.885. The van der Waals surface area contributed by atoms with Crippen LogP contribution < -0.4 is 10.1 Å². The summed E-state index contributed by atoms with van der Waals surface area (Å²) in [5, 5.41) is 11.7. The van der Waals surface area contributed by atoms with Gasteiger partial charge in [-0.15, -0.1) is 13.2 Å². The molecule has 1 aromatic carbocycles. The number of hydrogen-bond donors (Lipinski definition) is 1. The first-order valence-corrected chi connectivity index (χ1v) is 4.95. The Bertz CT molecular complexity index is 412. The predicted octanol–water partition coefficient (Wildman–Crippen LogP) is 2.76. The average molecular weight is 244 g/mol. The third kappa shape index (κ3) is 4.33. The van der Waals surface area contributed by atoms with Crippen molar-refractivity contribution < 1.29 is 17.9 Å². The minimum atomic E-state index is -4.72. The fourth-order valence-corrected chi connectivity index (χ4v) is 1.33. The molecule has 1 rings (SSSR count). The molecule has 0 fully saturated rings. The van der Waals surface area contributed by atoms with Gasteiger partial charge in [0.1, 0.15) is 11.8 Å². The molecule has 0 aliphatic heterocycles. The minimum Gasteiger partial charge on any atom is -0.406 e. The number of halogens is 3. The highest BCUT2D eigenvalue weighted by atomic mass is 19.4. The summed E-state index contributed by atoms with van der Waals surface area (Å²) in [6, 6.07) is 6.69. The van der Waals surface area contributed by atoms with Crippen molar-refractivity contribution in [3.05, 3.63) is 29.8 Å². The Labute approximate surface area is 96.8 Å². The van der Waals surface area contributed by atoms with Gasteiger partial charge in [0, 0.05) is 0 Å². The molecule has 0 aliphatic carbocycles. The van der Waals surface area contributed by atoms with Crippen molar-refractivity contribution in [1.82, 2.24) is 5.32 Å². The van der Waals surface area contributed by atoms with E-state index in [1.54, 1.807) is 13.0 Å². The summed E-state index contributed by atoms with van der Waals surface area (Å²) >= 11 is 0. The Morgan fingerprint density at radius 1 is 1.47 bits per heavy atom. The van der Waals surface area contributed by atoms with E-state index >= 15 is 0 Å². The molecule has 6 heteroatoms. The maximum absolute atomic E-state index is 12.0. The molecule has 1 N–H and O–H groups in total.